The van der Waals surface area contributed by atoms with E-state index in [4.69, 9.17) is 0 Å². The maximum Gasteiger partial charge on any atom is 0.0183 e. The van der Waals surface area contributed by atoms with Crippen LogP contribution < -0.4 is 5.32 Å². The van der Waals surface area contributed by atoms with Crippen LogP contribution in [0.5, 0.6) is 0 Å². The molecule has 0 atom stereocenters. The summed E-state index contributed by atoms with van der Waals surface area (Å²) >= 11 is 0. The highest BCUT2D eigenvalue weighted by Crippen LogP contribution is 2.11. The topological polar surface area (TPSA) is 12.0 Å². The molecule has 1 aromatic rings. The van der Waals surface area contributed by atoms with E-state index in [-0.39, 0.29) is 0 Å². The van der Waals surface area contributed by atoms with Crippen LogP contribution in [0, 0.1) is 6.92 Å². The average molecular weight is 159 g/mol. The second kappa shape index (κ2) is 3.11. The zero-order valence-corrected chi connectivity index (χ0v) is 7.30. The van der Waals surface area contributed by atoms with Gasteiger partial charge in [-0.15, -0.1) is 0 Å². The standard InChI is InChI=1S/C11H13N/c1-9-3-2-4-10(5-9)6-11-7-12-8-11/h2-6,12H,7-8H2,1H3. The highest BCUT2D eigenvalue weighted by atomic mass is 14.9. The first-order valence-electron chi connectivity index (χ1n) is 4.31. The fourth-order valence-corrected chi connectivity index (χ4v) is 1.37. The highest BCUT2D eigenvalue weighted by Gasteiger charge is 2.05. The SMILES string of the molecule is Cc1cccc(C=C2CNC2)c1. The van der Waals surface area contributed by atoms with E-state index in [2.05, 4.69) is 42.6 Å². The second-order valence-electron chi connectivity index (χ2n) is 3.32. The molecule has 0 bridgehead atoms. The molecule has 2 rings (SSSR count). The quantitative estimate of drug-likeness (QED) is 0.660. The Balaban J connectivity index is 2.22. The molecule has 1 heteroatoms. The predicted octanol–water partition coefficient (Wildman–Crippen LogP) is 1.98. The third-order valence-corrected chi connectivity index (χ3v) is 2.12. The van der Waals surface area contributed by atoms with Crippen molar-refractivity contribution in [3.8, 4) is 0 Å². The molecule has 1 aliphatic heterocycles. The van der Waals surface area contributed by atoms with Gasteiger partial charge < -0.3 is 5.32 Å². The molecule has 1 aromatic carbocycles. The molecule has 0 radical (unpaired) electrons. The van der Waals surface area contributed by atoms with Crippen LogP contribution in [-0.4, -0.2) is 13.1 Å². The number of aryl methyl sites for hydroxylation is 1. The van der Waals surface area contributed by atoms with Crippen molar-refractivity contribution in [1.29, 1.82) is 0 Å². The average Bonchev–Trinajstić information content (AvgIpc) is 1.97. The van der Waals surface area contributed by atoms with Crippen molar-refractivity contribution in [2.24, 2.45) is 0 Å². The zero-order chi connectivity index (χ0) is 8.39. The number of rotatable bonds is 1. The summed E-state index contributed by atoms with van der Waals surface area (Å²) in [4.78, 5) is 0. The Morgan fingerprint density at radius 2 is 2.17 bits per heavy atom. The van der Waals surface area contributed by atoms with E-state index in [1.54, 1.807) is 0 Å². The van der Waals surface area contributed by atoms with Crippen molar-refractivity contribution in [2.75, 3.05) is 13.1 Å². The lowest BCUT2D eigenvalue weighted by molar-refractivity contribution is 0.675. The zero-order valence-electron chi connectivity index (χ0n) is 7.30. The van der Waals surface area contributed by atoms with Crippen molar-refractivity contribution in [1.82, 2.24) is 5.32 Å². The van der Waals surface area contributed by atoms with E-state index in [1.807, 2.05) is 0 Å². The van der Waals surface area contributed by atoms with Gasteiger partial charge in [-0.3, -0.25) is 0 Å². The molecular formula is C11H13N. The lowest BCUT2D eigenvalue weighted by Crippen LogP contribution is -2.33. The van der Waals surface area contributed by atoms with Crippen molar-refractivity contribution in [2.45, 2.75) is 6.92 Å². The van der Waals surface area contributed by atoms with E-state index in [9.17, 15) is 0 Å². The van der Waals surface area contributed by atoms with E-state index < -0.39 is 0 Å². The van der Waals surface area contributed by atoms with Gasteiger partial charge in [0.15, 0.2) is 0 Å². The van der Waals surface area contributed by atoms with Gasteiger partial charge in [-0.25, -0.2) is 0 Å². The van der Waals surface area contributed by atoms with Crippen LogP contribution in [0.15, 0.2) is 29.8 Å². The molecule has 0 aromatic heterocycles. The maximum absolute atomic E-state index is 3.23. The van der Waals surface area contributed by atoms with Gasteiger partial charge in [0.1, 0.15) is 0 Å². The Hall–Kier alpha value is -1.08. The molecule has 1 saturated heterocycles. The summed E-state index contributed by atoms with van der Waals surface area (Å²) < 4.78 is 0. The molecular weight excluding hydrogens is 146 g/mol. The van der Waals surface area contributed by atoms with Gasteiger partial charge in [0.25, 0.3) is 0 Å². The lowest BCUT2D eigenvalue weighted by atomic mass is 10.1. The summed E-state index contributed by atoms with van der Waals surface area (Å²) in [5.74, 6) is 0. The normalized spacial score (nSPS) is 15.6. The van der Waals surface area contributed by atoms with E-state index in [0.717, 1.165) is 13.1 Å². The van der Waals surface area contributed by atoms with Crippen molar-refractivity contribution >= 4 is 6.08 Å². The molecule has 1 N–H and O–H groups in total. The minimum Gasteiger partial charge on any atom is -0.309 e. The van der Waals surface area contributed by atoms with Crippen LogP contribution in [0.1, 0.15) is 11.1 Å². The summed E-state index contributed by atoms with van der Waals surface area (Å²) in [6, 6.07) is 8.60. The minimum atomic E-state index is 1.06. The molecule has 0 amide bonds. The highest BCUT2D eigenvalue weighted by molar-refractivity contribution is 5.55. The molecule has 1 aliphatic rings. The van der Waals surface area contributed by atoms with Gasteiger partial charge in [-0.05, 0) is 18.1 Å². The Morgan fingerprint density at radius 3 is 2.75 bits per heavy atom. The molecule has 12 heavy (non-hydrogen) atoms. The number of hydrogen-bond acceptors (Lipinski definition) is 1. The Bertz CT molecular complexity index is 307. The van der Waals surface area contributed by atoms with E-state index >= 15 is 0 Å². The summed E-state index contributed by atoms with van der Waals surface area (Å²) in [5, 5.41) is 3.23. The smallest absolute Gasteiger partial charge is 0.0183 e. The monoisotopic (exact) mass is 159 g/mol. The van der Waals surface area contributed by atoms with E-state index in [1.165, 1.54) is 16.7 Å². The van der Waals surface area contributed by atoms with Gasteiger partial charge >= 0.3 is 0 Å². The third-order valence-electron chi connectivity index (χ3n) is 2.12. The largest absolute Gasteiger partial charge is 0.309 e. The Morgan fingerprint density at radius 1 is 1.33 bits per heavy atom. The second-order valence-corrected chi connectivity index (χ2v) is 3.32. The van der Waals surface area contributed by atoms with Gasteiger partial charge in [-0.1, -0.05) is 35.9 Å². The first-order chi connectivity index (χ1) is 5.84. The number of nitrogens with one attached hydrogen (secondary N) is 1. The number of hydrogen-bond donors (Lipinski definition) is 1. The molecule has 1 fully saturated rings. The fraction of sp³-hybridized carbons (Fsp3) is 0.273. The van der Waals surface area contributed by atoms with Crippen molar-refractivity contribution in [3.05, 3.63) is 41.0 Å². The molecule has 1 nitrogen and oxygen atoms in total. The molecule has 0 saturated carbocycles. The summed E-state index contributed by atoms with van der Waals surface area (Å²) in [6.07, 6.45) is 2.27. The van der Waals surface area contributed by atoms with E-state index in [0.29, 0.717) is 0 Å². The first kappa shape index (κ1) is 7.56. The molecule has 62 valence electrons. The Kier molecular flexibility index (Phi) is 1.96. The number of benzene rings is 1. The molecule has 0 aliphatic carbocycles. The van der Waals surface area contributed by atoms with Crippen LogP contribution in [0.3, 0.4) is 0 Å². The first-order valence-corrected chi connectivity index (χ1v) is 4.31. The predicted molar refractivity (Wildman–Crippen MR) is 52.0 cm³/mol. The summed E-state index contributed by atoms with van der Waals surface area (Å²) in [6.45, 7) is 4.25. The van der Waals surface area contributed by atoms with Gasteiger partial charge in [-0.2, -0.15) is 0 Å². The molecule has 0 unspecified atom stereocenters. The van der Waals surface area contributed by atoms with Gasteiger partial charge in [0, 0.05) is 13.1 Å². The Labute approximate surface area is 73.1 Å². The summed E-state index contributed by atoms with van der Waals surface area (Å²) in [5.41, 5.74) is 4.16. The van der Waals surface area contributed by atoms with Crippen molar-refractivity contribution in [3.63, 3.8) is 0 Å². The van der Waals surface area contributed by atoms with Crippen LogP contribution in [0.25, 0.3) is 6.08 Å². The van der Waals surface area contributed by atoms with Crippen LogP contribution in [0.2, 0.25) is 0 Å². The van der Waals surface area contributed by atoms with Crippen molar-refractivity contribution < 1.29 is 0 Å². The lowest BCUT2D eigenvalue weighted by Gasteiger charge is -2.18. The van der Waals surface area contributed by atoms with Crippen LogP contribution in [0.4, 0.5) is 0 Å². The third kappa shape index (κ3) is 1.56. The minimum absolute atomic E-state index is 1.06. The van der Waals surface area contributed by atoms with Gasteiger partial charge in [0.05, 0.1) is 0 Å². The fourth-order valence-electron chi connectivity index (χ4n) is 1.37. The van der Waals surface area contributed by atoms with Crippen LogP contribution in [-0.2, 0) is 0 Å². The molecule has 1 heterocycles. The summed E-state index contributed by atoms with van der Waals surface area (Å²) in [7, 11) is 0. The molecule has 0 spiro atoms. The maximum atomic E-state index is 3.23. The van der Waals surface area contributed by atoms with Gasteiger partial charge in [0.2, 0.25) is 0 Å². The van der Waals surface area contributed by atoms with Crippen LogP contribution >= 0.6 is 0 Å².